The minimum absolute atomic E-state index is 0.0561. The lowest BCUT2D eigenvalue weighted by molar-refractivity contribution is 0.0222. The second-order valence-electron chi connectivity index (χ2n) is 3.43. The Kier molecular flexibility index (Phi) is 4.87. The highest BCUT2D eigenvalue weighted by Crippen LogP contribution is 2.05. The molecular formula is C9H18N2O. The Morgan fingerprint density at radius 1 is 1.58 bits per heavy atom. The molecule has 0 rings (SSSR count). The van der Waals surface area contributed by atoms with E-state index in [-0.39, 0.29) is 11.6 Å². The number of methoxy groups -OCH3 is 1. The van der Waals surface area contributed by atoms with Gasteiger partial charge in [0.25, 0.3) is 0 Å². The Balaban J connectivity index is 3.75. The van der Waals surface area contributed by atoms with Crippen LogP contribution in [0.15, 0.2) is 0 Å². The van der Waals surface area contributed by atoms with E-state index in [2.05, 4.69) is 11.4 Å². The van der Waals surface area contributed by atoms with Gasteiger partial charge in [0.15, 0.2) is 0 Å². The van der Waals surface area contributed by atoms with Gasteiger partial charge in [-0.1, -0.05) is 6.92 Å². The van der Waals surface area contributed by atoms with Crippen LogP contribution < -0.4 is 5.32 Å². The number of ether oxygens (including phenoxy) is 1. The fourth-order valence-corrected chi connectivity index (χ4v) is 0.722. The summed E-state index contributed by atoms with van der Waals surface area (Å²) < 4.78 is 5.21. The number of nitriles is 1. The van der Waals surface area contributed by atoms with E-state index in [0.29, 0.717) is 6.54 Å². The average Bonchev–Trinajstić information content (AvgIpc) is 2.06. The summed E-state index contributed by atoms with van der Waals surface area (Å²) in [7, 11) is 1.68. The normalized spacial score (nSPS) is 13.9. The van der Waals surface area contributed by atoms with Gasteiger partial charge in [-0.25, -0.2) is 0 Å². The summed E-state index contributed by atoms with van der Waals surface area (Å²) in [6, 6.07) is 2.13. The highest BCUT2D eigenvalue weighted by Gasteiger charge is 2.17. The molecular weight excluding hydrogens is 152 g/mol. The van der Waals surface area contributed by atoms with Crippen molar-refractivity contribution in [2.75, 3.05) is 13.7 Å². The van der Waals surface area contributed by atoms with Crippen molar-refractivity contribution in [1.82, 2.24) is 5.32 Å². The maximum absolute atomic E-state index is 8.64. The molecule has 3 heteroatoms. The highest BCUT2D eigenvalue weighted by molar-refractivity contribution is 4.90. The number of hydrogen-bond donors (Lipinski definition) is 1. The Labute approximate surface area is 74.7 Å². The van der Waals surface area contributed by atoms with Gasteiger partial charge in [-0.3, -0.25) is 5.32 Å². The second kappa shape index (κ2) is 5.13. The zero-order valence-corrected chi connectivity index (χ0v) is 8.35. The molecule has 0 saturated carbocycles. The van der Waals surface area contributed by atoms with Gasteiger partial charge in [0.2, 0.25) is 0 Å². The Morgan fingerprint density at radius 3 is 2.50 bits per heavy atom. The molecule has 0 amide bonds. The van der Waals surface area contributed by atoms with Crippen LogP contribution in [0.4, 0.5) is 0 Å². The smallest absolute Gasteiger partial charge is 0.0951 e. The monoisotopic (exact) mass is 170 g/mol. The van der Waals surface area contributed by atoms with E-state index < -0.39 is 0 Å². The summed E-state index contributed by atoms with van der Waals surface area (Å²) in [4.78, 5) is 0. The number of nitrogens with one attached hydrogen (secondary N) is 1. The SMILES string of the molecule is CCC(C#N)NCC(C)(C)OC. The number of hydrogen-bond acceptors (Lipinski definition) is 3. The van der Waals surface area contributed by atoms with Gasteiger partial charge >= 0.3 is 0 Å². The lowest BCUT2D eigenvalue weighted by atomic mass is 10.1. The van der Waals surface area contributed by atoms with E-state index in [0.717, 1.165) is 6.42 Å². The first-order valence-electron chi connectivity index (χ1n) is 4.24. The molecule has 3 nitrogen and oxygen atoms in total. The van der Waals surface area contributed by atoms with Gasteiger partial charge in [-0.15, -0.1) is 0 Å². The van der Waals surface area contributed by atoms with Gasteiger partial charge in [-0.05, 0) is 20.3 Å². The predicted molar refractivity (Wildman–Crippen MR) is 48.8 cm³/mol. The quantitative estimate of drug-likeness (QED) is 0.676. The van der Waals surface area contributed by atoms with E-state index in [9.17, 15) is 0 Å². The first-order chi connectivity index (χ1) is 5.55. The molecule has 0 heterocycles. The molecule has 0 fully saturated rings. The number of rotatable bonds is 5. The Morgan fingerprint density at radius 2 is 2.17 bits per heavy atom. The van der Waals surface area contributed by atoms with E-state index >= 15 is 0 Å². The lowest BCUT2D eigenvalue weighted by Crippen LogP contribution is -2.41. The summed E-state index contributed by atoms with van der Waals surface area (Å²) in [5.41, 5.74) is -0.190. The van der Waals surface area contributed by atoms with Gasteiger partial charge in [0.1, 0.15) is 0 Å². The van der Waals surface area contributed by atoms with Crippen molar-refractivity contribution in [2.45, 2.75) is 38.8 Å². The standard InChI is InChI=1S/C9H18N2O/c1-5-8(6-10)11-7-9(2,3)12-4/h8,11H,5,7H2,1-4H3. The molecule has 0 radical (unpaired) electrons. The predicted octanol–water partition coefficient (Wildman–Crippen LogP) is 1.30. The maximum atomic E-state index is 8.64. The first-order valence-corrected chi connectivity index (χ1v) is 4.24. The molecule has 0 spiro atoms. The molecule has 0 aromatic carbocycles. The van der Waals surface area contributed by atoms with Crippen LogP contribution in [-0.4, -0.2) is 25.3 Å². The van der Waals surface area contributed by atoms with Crippen LogP contribution in [0.3, 0.4) is 0 Å². The zero-order chi connectivity index (χ0) is 9.61. The molecule has 1 N–H and O–H groups in total. The third-order valence-corrected chi connectivity index (χ3v) is 1.89. The van der Waals surface area contributed by atoms with Crippen LogP contribution in [0.25, 0.3) is 0 Å². The minimum Gasteiger partial charge on any atom is -0.377 e. The molecule has 70 valence electrons. The Hall–Kier alpha value is -0.590. The third-order valence-electron chi connectivity index (χ3n) is 1.89. The molecule has 0 saturated heterocycles. The van der Waals surface area contributed by atoms with Crippen molar-refractivity contribution in [3.05, 3.63) is 0 Å². The molecule has 0 aliphatic rings. The molecule has 0 aliphatic carbocycles. The van der Waals surface area contributed by atoms with Crippen molar-refractivity contribution in [2.24, 2.45) is 0 Å². The summed E-state index contributed by atoms with van der Waals surface area (Å²) >= 11 is 0. The van der Waals surface area contributed by atoms with Crippen LogP contribution >= 0.6 is 0 Å². The van der Waals surface area contributed by atoms with Crippen molar-refractivity contribution in [3.8, 4) is 6.07 Å². The van der Waals surface area contributed by atoms with Crippen molar-refractivity contribution in [3.63, 3.8) is 0 Å². The second-order valence-corrected chi connectivity index (χ2v) is 3.43. The molecule has 0 bridgehead atoms. The summed E-state index contributed by atoms with van der Waals surface area (Å²) in [6.45, 7) is 6.67. The molecule has 1 atom stereocenters. The van der Waals surface area contributed by atoms with Crippen LogP contribution in [0, 0.1) is 11.3 Å². The molecule has 0 aromatic rings. The fraction of sp³-hybridized carbons (Fsp3) is 0.889. The van der Waals surface area contributed by atoms with Crippen LogP contribution in [0.5, 0.6) is 0 Å². The van der Waals surface area contributed by atoms with Crippen molar-refractivity contribution in [1.29, 1.82) is 5.26 Å². The topological polar surface area (TPSA) is 45.0 Å². The van der Waals surface area contributed by atoms with E-state index in [4.69, 9.17) is 10.00 Å². The van der Waals surface area contributed by atoms with Gasteiger partial charge < -0.3 is 4.74 Å². The van der Waals surface area contributed by atoms with E-state index in [1.807, 2.05) is 20.8 Å². The zero-order valence-electron chi connectivity index (χ0n) is 8.35. The number of nitrogens with zero attached hydrogens (tertiary/aromatic N) is 1. The van der Waals surface area contributed by atoms with Crippen molar-refractivity contribution < 1.29 is 4.74 Å². The van der Waals surface area contributed by atoms with E-state index in [1.54, 1.807) is 7.11 Å². The minimum atomic E-state index is -0.190. The van der Waals surface area contributed by atoms with Crippen LogP contribution in [-0.2, 0) is 4.74 Å². The van der Waals surface area contributed by atoms with Crippen LogP contribution in [0.1, 0.15) is 27.2 Å². The average molecular weight is 170 g/mol. The van der Waals surface area contributed by atoms with Gasteiger partial charge in [0.05, 0.1) is 17.7 Å². The molecule has 12 heavy (non-hydrogen) atoms. The fourth-order valence-electron chi connectivity index (χ4n) is 0.722. The molecule has 0 aliphatic heterocycles. The largest absolute Gasteiger partial charge is 0.377 e. The Bertz CT molecular complexity index is 160. The van der Waals surface area contributed by atoms with Gasteiger partial charge in [-0.2, -0.15) is 5.26 Å². The summed E-state index contributed by atoms with van der Waals surface area (Å²) in [5, 5.41) is 11.8. The first kappa shape index (κ1) is 11.4. The summed E-state index contributed by atoms with van der Waals surface area (Å²) in [5.74, 6) is 0. The maximum Gasteiger partial charge on any atom is 0.0951 e. The molecule has 0 aromatic heterocycles. The molecule has 1 unspecified atom stereocenters. The van der Waals surface area contributed by atoms with E-state index in [1.165, 1.54) is 0 Å². The third kappa shape index (κ3) is 4.32. The van der Waals surface area contributed by atoms with Crippen LogP contribution in [0.2, 0.25) is 0 Å². The summed E-state index contributed by atoms with van der Waals surface area (Å²) in [6.07, 6.45) is 0.830. The highest BCUT2D eigenvalue weighted by atomic mass is 16.5. The lowest BCUT2D eigenvalue weighted by Gasteiger charge is -2.24. The van der Waals surface area contributed by atoms with Crippen molar-refractivity contribution >= 4 is 0 Å². The van der Waals surface area contributed by atoms with Gasteiger partial charge in [0, 0.05) is 13.7 Å².